The lowest BCUT2D eigenvalue weighted by Gasteiger charge is -2.12. The van der Waals surface area contributed by atoms with E-state index in [1.54, 1.807) is 18.2 Å². The summed E-state index contributed by atoms with van der Waals surface area (Å²) in [6, 6.07) is 8.78. The average Bonchev–Trinajstić information content (AvgIpc) is 2.30. The minimum atomic E-state index is -0.884. The molecule has 0 aliphatic carbocycles. The van der Waals surface area contributed by atoms with E-state index in [0.717, 1.165) is 17.7 Å². The first-order chi connectivity index (χ1) is 8.47. The summed E-state index contributed by atoms with van der Waals surface area (Å²) in [6.45, 7) is 0. The van der Waals surface area contributed by atoms with Crippen LogP contribution in [0, 0.1) is 11.6 Å². The zero-order chi connectivity index (χ0) is 13.3. The van der Waals surface area contributed by atoms with E-state index in [2.05, 4.69) is 15.9 Å². The number of hydrogen-bond acceptors (Lipinski definition) is 0. The van der Waals surface area contributed by atoms with Crippen LogP contribution in [0.1, 0.15) is 16.0 Å². The third kappa shape index (κ3) is 3.02. The van der Waals surface area contributed by atoms with Gasteiger partial charge in [-0.3, -0.25) is 0 Å². The van der Waals surface area contributed by atoms with Crippen LogP contribution in [-0.4, -0.2) is 0 Å². The molecule has 94 valence electrons. The molecule has 2 aromatic rings. The number of halogens is 5. The Morgan fingerprint density at radius 2 is 1.44 bits per heavy atom. The molecule has 0 radical (unpaired) electrons. The highest BCUT2D eigenvalue weighted by atomic mass is 79.9. The summed E-state index contributed by atoms with van der Waals surface area (Å²) in [5.41, 5.74) is 1.37. The highest BCUT2D eigenvalue weighted by molar-refractivity contribution is 9.09. The standard InChI is InChI=1S/C13H7BrCl2F2/c14-13(7-1-2-11(17)12(18)5-7)8-3-9(15)6-10(16)4-8/h1-6,13H. The number of rotatable bonds is 2. The molecule has 1 unspecified atom stereocenters. The summed E-state index contributed by atoms with van der Waals surface area (Å²) in [4.78, 5) is -0.302. The fourth-order valence-electron chi connectivity index (χ4n) is 1.58. The van der Waals surface area contributed by atoms with Crippen molar-refractivity contribution in [3.63, 3.8) is 0 Å². The van der Waals surface area contributed by atoms with Gasteiger partial charge in [-0.2, -0.15) is 0 Å². The first kappa shape index (κ1) is 13.8. The average molecular weight is 352 g/mol. The Kier molecular flexibility index (Phi) is 4.25. The number of benzene rings is 2. The van der Waals surface area contributed by atoms with Gasteiger partial charge in [-0.1, -0.05) is 45.2 Å². The minimum Gasteiger partial charge on any atom is -0.204 e. The molecule has 0 aliphatic heterocycles. The second kappa shape index (κ2) is 5.55. The molecule has 0 aromatic heterocycles. The van der Waals surface area contributed by atoms with Gasteiger partial charge in [0.2, 0.25) is 0 Å². The van der Waals surface area contributed by atoms with Gasteiger partial charge in [0.25, 0.3) is 0 Å². The Morgan fingerprint density at radius 3 is 2.00 bits per heavy atom. The van der Waals surface area contributed by atoms with Gasteiger partial charge < -0.3 is 0 Å². The summed E-state index contributed by atoms with van der Waals surface area (Å²) < 4.78 is 26.0. The minimum absolute atomic E-state index is 0.302. The van der Waals surface area contributed by atoms with Crippen LogP contribution in [0.15, 0.2) is 36.4 Å². The predicted octanol–water partition coefficient (Wildman–Crippen LogP) is 5.76. The van der Waals surface area contributed by atoms with Crippen LogP contribution in [0.4, 0.5) is 8.78 Å². The molecule has 2 rings (SSSR count). The van der Waals surface area contributed by atoms with Crippen LogP contribution in [-0.2, 0) is 0 Å². The molecule has 5 heteroatoms. The Balaban J connectivity index is 2.40. The number of hydrogen-bond donors (Lipinski definition) is 0. The quantitative estimate of drug-likeness (QED) is 0.604. The topological polar surface area (TPSA) is 0 Å². The van der Waals surface area contributed by atoms with Crippen LogP contribution in [0.5, 0.6) is 0 Å². The lowest BCUT2D eigenvalue weighted by atomic mass is 10.0. The maximum absolute atomic E-state index is 13.2. The molecular weight excluding hydrogens is 345 g/mol. The van der Waals surface area contributed by atoms with Gasteiger partial charge in [-0.15, -0.1) is 0 Å². The van der Waals surface area contributed by atoms with E-state index < -0.39 is 11.6 Å². The van der Waals surface area contributed by atoms with E-state index >= 15 is 0 Å². The van der Waals surface area contributed by atoms with Crippen molar-refractivity contribution in [2.24, 2.45) is 0 Å². The SMILES string of the molecule is Fc1ccc(C(Br)c2cc(Cl)cc(Cl)c2)cc1F. The molecule has 1 atom stereocenters. The highest BCUT2D eigenvalue weighted by Crippen LogP contribution is 2.34. The first-order valence-electron chi connectivity index (χ1n) is 5.02. The summed E-state index contributed by atoms with van der Waals surface area (Å²) in [5.74, 6) is -1.76. The van der Waals surface area contributed by atoms with E-state index in [4.69, 9.17) is 23.2 Å². The molecule has 0 heterocycles. The fourth-order valence-corrected chi connectivity index (χ4v) is 2.68. The molecule has 0 saturated heterocycles. The molecule has 0 saturated carbocycles. The van der Waals surface area contributed by atoms with Crippen molar-refractivity contribution in [1.82, 2.24) is 0 Å². The molecule has 0 spiro atoms. The van der Waals surface area contributed by atoms with E-state index in [-0.39, 0.29) is 4.83 Å². The van der Waals surface area contributed by atoms with Gasteiger partial charge in [-0.05, 0) is 41.5 Å². The molecule has 0 nitrogen and oxygen atoms in total. The molecule has 2 aromatic carbocycles. The first-order valence-corrected chi connectivity index (χ1v) is 6.69. The maximum Gasteiger partial charge on any atom is 0.159 e. The molecule has 0 N–H and O–H groups in total. The third-order valence-electron chi connectivity index (χ3n) is 2.41. The van der Waals surface area contributed by atoms with Gasteiger partial charge in [-0.25, -0.2) is 8.78 Å². The van der Waals surface area contributed by atoms with Crippen molar-refractivity contribution in [2.45, 2.75) is 4.83 Å². The predicted molar refractivity (Wildman–Crippen MR) is 73.6 cm³/mol. The van der Waals surface area contributed by atoms with Crippen LogP contribution >= 0.6 is 39.1 Å². The lowest BCUT2D eigenvalue weighted by molar-refractivity contribution is 0.507. The summed E-state index contributed by atoms with van der Waals surface area (Å²) in [6.07, 6.45) is 0. The van der Waals surface area contributed by atoms with Crippen LogP contribution in [0.3, 0.4) is 0 Å². The van der Waals surface area contributed by atoms with Crippen molar-refractivity contribution < 1.29 is 8.78 Å². The molecule has 0 aliphatic rings. The lowest BCUT2D eigenvalue weighted by Crippen LogP contribution is -1.95. The largest absolute Gasteiger partial charge is 0.204 e. The molecule has 0 fully saturated rings. The van der Waals surface area contributed by atoms with Crippen molar-refractivity contribution >= 4 is 39.1 Å². The van der Waals surface area contributed by atoms with Crippen molar-refractivity contribution in [3.8, 4) is 0 Å². The molecule has 0 amide bonds. The second-order valence-electron chi connectivity index (χ2n) is 3.74. The van der Waals surface area contributed by atoms with E-state index in [9.17, 15) is 8.78 Å². The van der Waals surface area contributed by atoms with Gasteiger partial charge >= 0.3 is 0 Å². The molecular formula is C13H7BrCl2F2. The van der Waals surface area contributed by atoms with Crippen molar-refractivity contribution in [2.75, 3.05) is 0 Å². The monoisotopic (exact) mass is 350 g/mol. The zero-order valence-corrected chi connectivity index (χ0v) is 12.0. The maximum atomic E-state index is 13.2. The molecule has 0 bridgehead atoms. The highest BCUT2D eigenvalue weighted by Gasteiger charge is 2.14. The van der Waals surface area contributed by atoms with Crippen LogP contribution in [0.25, 0.3) is 0 Å². The van der Waals surface area contributed by atoms with E-state index in [1.165, 1.54) is 6.07 Å². The Morgan fingerprint density at radius 1 is 0.833 bits per heavy atom. The Hall–Kier alpha value is -0.640. The van der Waals surface area contributed by atoms with Gasteiger partial charge in [0.15, 0.2) is 11.6 Å². The zero-order valence-electron chi connectivity index (χ0n) is 8.93. The van der Waals surface area contributed by atoms with E-state index in [1.807, 2.05) is 0 Å². The van der Waals surface area contributed by atoms with Crippen LogP contribution < -0.4 is 0 Å². The smallest absolute Gasteiger partial charge is 0.159 e. The normalized spacial score (nSPS) is 12.5. The summed E-state index contributed by atoms with van der Waals surface area (Å²) >= 11 is 15.2. The summed E-state index contributed by atoms with van der Waals surface area (Å²) in [7, 11) is 0. The fraction of sp³-hybridized carbons (Fsp3) is 0.0769. The second-order valence-corrected chi connectivity index (χ2v) is 5.53. The van der Waals surface area contributed by atoms with E-state index in [0.29, 0.717) is 15.6 Å². The Labute approximate surface area is 122 Å². The Bertz CT molecular complexity index is 567. The number of alkyl halides is 1. The van der Waals surface area contributed by atoms with Crippen LogP contribution in [0.2, 0.25) is 10.0 Å². The van der Waals surface area contributed by atoms with Gasteiger partial charge in [0.05, 0.1) is 4.83 Å². The van der Waals surface area contributed by atoms with Crippen molar-refractivity contribution in [3.05, 3.63) is 69.2 Å². The van der Waals surface area contributed by atoms with Gasteiger partial charge in [0, 0.05) is 10.0 Å². The third-order valence-corrected chi connectivity index (χ3v) is 3.91. The summed E-state index contributed by atoms with van der Waals surface area (Å²) in [5, 5.41) is 0.981. The van der Waals surface area contributed by atoms with Crippen molar-refractivity contribution in [1.29, 1.82) is 0 Å². The van der Waals surface area contributed by atoms with Gasteiger partial charge in [0.1, 0.15) is 0 Å². The molecule has 18 heavy (non-hydrogen) atoms.